The molecule has 5 nitrogen and oxygen atoms in total. The van der Waals surface area contributed by atoms with E-state index in [2.05, 4.69) is 4.90 Å². The largest absolute Gasteiger partial charge is 0.460 e. The van der Waals surface area contributed by atoms with Gasteiger partial charge in [-0.25, -0.2) is 4.79 Å². The molecule has 0 bridgehead atoms. The molecule has 0 saturated heterocycles. The molecule has 1 aliphatic carbocycles. The van der Waals surface area contributed by atoms with Gasteiger partial charge >= 0.3 is 5.97 Å². The molecule has 1 aromatic heterocycles. The molecule has 1 saturated carbocycles. The Hall–Kier alpha value is -1.33. The lowest BCUT2D eigenvalue weighted by Crippen LogP contribution is -2.38. The van der Waals surface area contributed by atoms with Gasteiger partial charge in [-0.3, -0.25) is 4.90 Å². The van der Waals surface area contributed by atoms with Crippen LogP contribution in [0.3, 0.4) is 0 Å². The smallest absolute Gasteiger partial charge is 0.374 e. The van der Waals surface area contributed by atoms with Crippen molar-refractivity contribution >= 4 is 5.97 Å². The second kappa shape index (κ2) is 8.20. The Bertz CT molecular complexity index is 437. The number of furan rings is 1. The number of hydrogen-bond donors (Lipinski definition) is 1. The van der Waals surface area contributed by atoms with Gasteiger partial charge in [0.25, 0.3) is 0 Å². The van der Waals surface area contributed by atoms with E-state index >= 15 is 0 Å². The summed E-state index contributed by atoms with van der Waals surface area (Å²) in [5, 5.41) is 9.26. The molecule has 0 radical (unpaired) electrons. The molecule has 0 unspecified atom stereocenters. The van der Waals surface area contributed by atoms with E-state index in [1.54, 1.807) is 13.0 Å². The van der Waals surface area contributed by atoms with Crippen LogP contribution in [0.5, 0.6) is 0 Å². The van der Waals surface area contributed by atoms with Gasteiger partial charge in [0.1, 0.15) is 5.76 Å². The topological polar surface area (TPSA) is 62.9 Å². The molecule has 1 N–H and O–H groups in total. The molecular formula is C16H25NO4. The van der Waals surface area contributed by atoms with Crippen molar-refractivity contribution in [3.63, 3.8) is 0 Å². The summed E-state index contributed by atoms with van der Waals surface area (Å²) in [6.07, 6.45) is 6.14. The van der Waals surface area contributed by atoms with Crippen LogP contribution in [0.4, 0.5) is 0 Å². The van der Waals surface area contributed by atoms with E-state index in [-0.39, 0.29) is 12.4 Å². The number of rotatable bonds is 7. The van der Waals surface area contributed by atoms with Crippen LogP contribution in [0.2, 0.25) is 0 Å². The van der Waals surface area contributed by atoms with Crippen molar-refractivity contribution in [1.29, 1.82) is 0 Å². The second-order valence-electron chi connectivity index (χ2n) is 5.47. The fraction of sp³-hybridized carbons (Fsp3) is 0.688. The molecule has 21 heavy (non-hydrogen) atoms. The summed E-state index contributed by atoms with van der Waals surface area (Å²) < 4.78 is 10.5. The minimum atomic E-state index is -0.421. The van der Waals surface area contributed by atoms with Gasteiger partial charge in [0.2, 0.25) is 5.76 Å². The van der Waals surface area contributed by atoms with Gasteiger partial charge in [0, 0.05) is 12.6 Å². The van der Waals surface area contributed by atoms with Crippen molar-refractivity contribution in [1.82, 2.24) is 4.90 Å². The predicted octanol–water partition coefficient (Wildman–Crippen LogP) is 2.58. The average molecular weight is 295 g/mol. The highest BCUT2D eigenvalue weighted by molar-refractivity contribution is 5.86. The standard InChI is InChI=1S/C16H25NO4/c1-2-20-16(19)15-9-8-14(21-15)12-17(10-11-18)13-6-4-3-5-7-13/h8-9,13,18H,2-7,10-12H2,1H3. The number of ether oxygens (including phenoxy) is 1. The molecular weight excluding hydrogens is 270 g/mol. The first-order chi connectivity index (χ1) is 10.2. The summed E-state index contributed by atoms with van der Waals surface area (Å²) >= 11 is 0. The SMILES string of the molecule is CCOC(=O)c1ccc(CN(CCO)C2CCCCC2)o1. The summed E-state index contributed by atoms with van der Waals surface area (Å²) in [7, 11) is 0. The second-order valence-corrected chi connectivity index (χ2v) is 5.47. The third-order valence-corrected chi connectivity index (χ3v) is 3.98. The van der Waals surface area contributed by atoms with Gasteiger partial charge in [0.05, 0.1) is 19.8 Å². The fourth-order valence-corrected chi connectivity index (χ4v) is 2.94. The van der Waals surface area contributed by atoms with Crippen LogP contribution in [0.25, 0.3) is 0 Å². The van der Waals surface area contributed by atoms with Crippen molar-refractivity contribution < 1.29 is 19.1 Å². The Morgan fingerprint density at radius 3 is 2.81 bits per heavy atom. The molecule has 1 fully saturated rings. The zero-order chi connectivity index (χ0) is 15.1. The van der Waals surface area contributed by atoms with Gasteiger partial charge in [-0.1, -0.05) is 19.3 Å². The lowest BCUT2D eigenvalue weighted by atomic mass is 9.94. The molecule has 118 valence electrons. The molecule has 0 amide bonds. The van der Waals surface area contributed by atoms with Crippen LogP contribution < -0.4 is 0 Å². The normalized spacial score (nSPS) is 16.3. The molecule has 0 atom stereocenters. The number of esters is 1. The molecule has 1 heterocycles. The van der Waals surface area contributed by atoms with Crippen LogP contribution >= 0.6 is 0 Å². The molecule has 0 spiro atoms. The van der Waals surface area contributed by atoms with E-state index < -0.39 is 5.97 Å². The monoisotopic (exact) mass is 295 g/mol. The Kier molecular flexibility index (Phi) is 6.26. The van der Waals surface area contributed by atoms with Crippen LogP contribution in [0.1, 0.15) is 55.3 Å². The maximum absolute atomic E-state index is 11.6. The van der Waals surface area contributed by atoms with Gasteiger partial charge in [0.15, 0.2) is 0 Å². The van der Waals surface area contributed by atoms with Crippen molar-refractivity contribution in [2.75, 3.05) is 19.8 Å². The quantitative estimate of drug-likeness (QED) is 0.783. The minimum absolute atomic E-state index is 0.141. The lowest BCUT2D eigenvalue weighted by Gasteiger charge is -2.33. The first-order valence-electron chi connectivity index (χ1n) is 7.85. The van der Waals surface area contributed by atoms with Gasteiger partial charge in [-0.2, -0.15) is 0 Å². The maximum atomic E-state index is 11.6. The van der Waals surface area contributed by atoms with E-state index in [0.29, 0.717) is 25.7 Å². The van der Waals surface area contributed by atoms with E-state index in [1.807, 2.05) is 6.07 Å². The number of carbonyl (C=O) groups excluding carboxylic acids is 1. The van der Waals surface area contributed by atoms with Crippen LogP contribution in [-0.2, 0) is 11.3 Å². The Balaban J connectivity index is 1.97. The predicted molar refractivity (Wildman–Crippen MR) is 79.0 cm³/mol. The van der Waals surface area contributed by atoms with E-state index in [0.717, 1.165) is 5.76 Å². The van der Waals surface area contributed by atoms with Crippen molar-refractivity contribution in [2.24, 2.45) is 0 Å². The van der Waals surface area contributed by atoms with Crippen molar-refractivity contribution in [2.45, 2.75) is 51.6 Å². The van der Waals surface area contributed by atoms with E-state index in [1.165, 1.54) is 32.1 Å². The highest BCUT2D eigenvalue weighted by Crippen LogP contribution is 2.24. The number of aliphatic hydroxyl groups excluding tert-OH is 1. The summed E-state index contributed by atoms with van der Waals surface area (Å²) in [4.78, 5) is 13.9. The number of nitrogens with zero attached hydrogens (tertiary/aromatic N) is 1. The molecule has 5 heteroatoms. The summed E-state index contributed by atoms with van der Waals surface area (Å²) in [5.41, 5.74) is 0. The summed E-state index contributed by atoms with van der Waals surface area (Å²) in [6.45, 7) is 3.52. The first kappa shape index (κ1) is 16.0. The third kappa shape index (κ3) is 4.58. The average Bonchev–Trinajstić information content (AvgIpc) is 2.97. The maximum Gasteiger partial charge on any atom is 0.374 e. The van der Waals surface area contributed by atoms with Crippen molar-refractivity contribution in [3.8, 4) is 0 Å². The molecule has 2 rings (SSSR count). The molecule has 1 aromatic rings. The van der Waals surface area contributed by atoms with Crippen LogP contribution in [0.15, 0.2) is 16.5 Å². The Morgan fingerprint density at radius 1 is 1.38 bits per heavy atom. The van der Waals surface area contributed by atoms with Crippen LogP contribution in [0, 0.1) is 0 Å². The van der Waals surface area contributed by atoms with Gasteiger partial charge in [-0.15, -0.1) is 0 Å². The number of carbonyl (C=O) groups is 1. The van der Waals surface area contributed by atoms with E-state index in [4.69, 9.17) is 9.15 Å². The Labute approximate surface area is 125 Å². The van der Waals surface area contributed by atoms with Crippen LogP contribution in [-0.4, -0.2) is 41.8 Å². The number of hydrogen-bond acceptors (Lipinski definition) is 5. The Morgan fingerprint density at radius 2 is 2.14 bits per heavy atom. The lowest BCUT2D eigenvalue weighted by molar-refractivity contribution is 0.0483. The number of aliphatic hydroxyl groups is 1. The summed E-state index contributed by atoms with van der Waals surface area (Å²) in [6, 6.07) is 3.98. The minimum Gasteiger partial charge on any atom is -0.460 e. The highest BCUT2D eigenvalue weighted by Gasteiger charge is 2.22. The molecule has 0 aliphatic heterocycles. The zero-order valence-corrected chi connectivity index (χ0v) is 12.7. The van der Waals surface area contributed by atoms with Crippen molar-refractivity contribution in [3.05, 3.63) is 23.7 Å². The molecule has 1 aliphatic rings. The molecule has 0 aromatic carbocycles. The summed E-state index contributed by atoms with van der Waals surface area (Å²) in [5.74, 6) is 0.576. The van der Waals surface area contributed by atoms with E-state index in [9.17, 15) is 9.90 Å². The first-order valence-corrected chi connectivity index (χ1v) is 7.85. The van der Waals surface area contributed by atoms with Gasteiger partial charge in [-0.05, 0) is 31.9 Å². The third-order valence-electron chi connectivity index (χ3n) is 3.98. The van der Waals surface area contributed by atoms with Gasteiger partial charge < -0.3 is 14.3 Å². The zero-order valence-electron chi connectivity index (χ0n) is 12.7. The fourth-order valence-electron chi connectivity index (χ4n) is 2.94. The highest BCUT2D eigenvalue weighted by atomic mass is 16.5.